The Bertz CT molecular complexity index is 2840. The lowest BCUT2D eigenvalue weighted by Crippen LogP contribution is -1.91. The van der Waals surface area contributed by atoms with Crippen molar-refractivity contribution in [3.8, 4) is 44.5 Å². The highest BCUT2D eigenvalue weighted by molar-refractivity contribution is 6.22. The summed E-state index contributed by atoms with van der Waals surface area (Å²) in [5, 5.41) is 12.7. The molecule has 0 bridgehead atoms. The fourth-order valence-corrected chi connectivity index (χ4v) is 8.16. The summed E-state index contributed by atoms with van der Waals surface area (Å²) >= 11 is 0. The molecular weight excluding hydrogens is 601 g/mol. The molecule has 0 heteroatoms. The molecule has 10 aromatic carbocycles. The van der Waals surface area contributed by atoms with E-state index in [0.717, 1.165) is 0 Å². The van der Waals surface area contributed by atoms with E-state index in [0.29, 0.717) is 0 Å². The number of fused-ring (bicyclic) bond motifs is 6. The lowest BCUT2D eigenvalue weighted by Gasteiger charge is -2.18. The molecule has 0 saturated heterocycles. The minimum Gasteiger partial charge on any atom is -0.0622 e. The van der Waals surface area contributed by atoms with E-state index in [9.17, 15) is 0 Å². The highest BCUT2D eigenvalue weighted by Crippen LogP contribution is 2.45. The maximum absolute atomic E-state index is 2.41. The third-order valence-corrected chi connectivity index (χ3v) is 10.4. The zero-order valence-electron chi connectivity index (χ0n) is 27.5. The molecule has 0 nitrogen and oxygen atoms in total. The maximum Gasteiger partial charge on any atom is -0.00261 e. The molecule has 0 N–H and O–H groups in total. The second kappa shape index (κ2) is 11.6. The lowest BCUT2D eigenvalue weighted by atomic mass is 9.85. The summed E-state index contributed by atoms with van der Waals surface area (Å²) in [6.07, 6.45) is 0. The smallest absolute Gasteiger partial charge is 0.00261 e. The van der Waals surface area contributed by atoms with Gasteiger partial charge in [-0.15, -0.1) is 0 Å². The monoisotopic (exact) mass is 632 g/mol. The molecule has 0 amide bonds. The van der Waals surface area contributed by atoms with Crippen LogP contribution in [0.25, 0.3) is 98.4 Å². The van der Waals surface area contributed by atoms with Crippen molar-refractivity contribution in [2.75, 3.05) is 0 Å². The first-order chi connectivity index (χ1) is 24.8. The van der Waals surface area contributed by atoms with E-state index in [1.807, 2.05) is 0 Å². The molecule has 50 heavy (non-hydrogen) atoms. The van der Waals surface area contributed by atoms with Crippen LogP contribution in [0, 0.1) is 0 Å². The minimum atomic E-state index is 1.22. The molecule has 0 aliphatic heterocycles. The summed E-state index contributed by atoms with van der Waals surface area (Å²) in [6, 6.07) is 71.3. The fourth-order valence-electron chi connectivity index (χ4n) is 8.16. The molecule has 232 valence electrons. The molecule has 10 rings (SSSR count). The van der Waals surface area contributed by atoms with Gasteiger partial charge in [-0.1, -0.05) is 182 Å². The normalized spacial score (nSPS) is 11.6. The van der Waals surface area contributed by atoms with E-state index in [1.165, 1.54) is 98.4 Å². The van der Waals surface area contributed by atoms with E-state index in [2.05, 4.69) is 194 Å². The number of benzene rings is 10. The Morgan fingerprint density at radius 2 is 0.680 bits per heavy atom. The van der Waals surface area contributed by atoms with Crippen molar-refractivity contribution in [3.63, 3.8) is 0 Å². The first kappa shape index (κ1) is 28.5. The van der Waals surface area contributed by atoms with Crippen molar-refractivity contribution in [1.29, 1.82) is 0 Å². The van der Waals surface area contributed by atoms with Crippen LogP contribution in [0.3, 0.4) is 0 Å². The van der Waals surface area contributed by atoms with Crippen LogP contribution in [0.4, 0.5) is 0 Å². The Hall–Kier alpha value is -6.50. The standard InChI is InChI=1S/C50H32/c1-2-13-36(14-3-1)49-43-20-8-10-22-45(43)50(46-23-11-9-21-44(46)49)38-30-29-33-16-12-24-39(47(33)32-38)34-25-27-35(28-26-34)48-31-37-15-4-5-17-40(37)41-18-6-7-19-42(41)48/h1-32H. The Kier molecular flexibility index (Phi) is 6.60. The predicted molar refractivity (Wildman–Crippen MR) is 216 cm³/mol. The van der Waals surface area contributed by atoms with E-state index in [4.69, 9.17) is 0 Å². The van der Waals surface area contributed by atoms with Crippen molar-refractivity contribution in [2.45, 2.75) is 0 Å². The van der Waals surface area contributed by atoms with Crippen LogP contribution < -0.4 is 0 Å². The van der Waals surface area contributed by atoms with Gasteiger partial charge in [0.2, 0.25) is 0 Å². The summed E-state index contributed by atoms with van der Waals surface area (Å²) in [5.41, 5.74) is 10.0. The first-order valence-corrected chi connectivity index (χ1v) is 17.4. The summed E-state index contributed by atoms with van der Waals surface area (Å²) in [7, 11) is 0. The average Bonchev–Trinajstić information content (AvgIpc) is 3.19. The highest BCUT2D eigenvalue weighted by atomic mass is 14.2. The van der Waals surface area contributed by atoms with Crippen molar-refractivity contribution in [2.24, 2.45) is 0 Å². The quantitative estimate of drug-likeness (QED) is 0.134. The van der Waals surface area contributed by atoms with Gasteiger partial charge in [-0.2, -0.15) is 0 Å². The molecule has 0 aliphatic carbocycles. The zero-order chi connectivity index (χ0) is 33.0. The Morgan fingerprint density at radius 3 is 1.34 bits per heavy atom. The van der Waals surface area contributed by atoms with E-state index in [1.54, 1.807) is 0 Å². The van der Waals surface area contributed by atoms with Crippen LogP contribution in [0.1, 0.15) is 0 Å². The van der Waals surface area contributed by atoms with Gasteiger partial charge < -0.3 is 0 Å². The predicted octanol–water partition coefficient (Wildman–Crippen LogP) is 14.1. The zero-order valence-corrected chi connectivity index (χ0v) is 27.5. The van der Waals surface area contributed by atoms with Gasteiger partial charge in [-0.05, 0) is 111 Å². The van der Waals surface area contributed by atoms with Gasteiger partial charge in [0.1, 0.15) is 0 Å². The fraction of sp³-hybridized carbons (Fsp3) is 0. The first-order valence-electron chi connectivity index (χ1n) is 17.4. The Balaban J connectivity index is 1.14. The van der Waals surface area contributed by atoms with Gasteiger partial charge in [0.15, 0.2) is 0 Å². The lowest BCUT2D eigenvalue weighted by molar-refractivity contribution is 1.63. The van der Waals surface area contributed by atoms with Crippen molar-refractivity contribution in [3.05, 3.63) is 194 Å². The number of hydrogen-bond donors (Lipinski definition) is 0. The molecular formula is C50H32. The van der Waals surface area contributed by atoms with E-state index < -0.39 is 0 Å². The van der Waals surface area contributed by atoms with Gasteiger partial charge in [0.25, 0.3) is 0 Å². The van der Waals surface area contributed by atoms with Crippen LogP contribution in [0.2, 0.25) is 0 Å². The molecule has 0 aliphatic rings. The molecule has 0 atom stereocenters. The van der Waals surface area contributed by atoms with Crippen LogP contribution in [-0.2, 0) is 0 Å². The van der Waals surface area contributed by atoms with Crippen LogP contribution in [-0.4, -0.2) is 0 Å². The van der Waals surface area contributed by atoms with Gasteiger partial charge in [-0.3, -0.25) is 0 Å². The Labute approximate surface area is 291 Å². The Morgan fingerprint density at radius 1 is 0.200 bits per heavy atom. The van der Waals surface area contributed by atoms with Crippen LogP contribution in [0.15, 0.2) is 194 Å². The highest BCUT2D eigenvalue weighted by Gasteiger charge is 2.17. The summed E-state index contributed by atoms with van der Waals surface area (Å²) in [4.78, 5) is 0. The molecule has 0 fully saturated rings. The molecule has 0 spiro atoms. The van der Waals surface area contributed by atoms with Crippen LogP contribution >= 0.6 is 0 Å². The second-order valence-corrected chi connectivity index (χ2v) is 13.2. The number of hydrogen-bond acceptors (Lipinski definition) is 0. The average molecular weight is 633 g/mol. The molecule has 0 aromatic heterocycles. The summed E-state index contributed by atoms with van der Waals surface area (Å²) < 4.78 is 0. The van der Waals surface area contributed by atoms with Crippen molar-refractivity contribution < 1.29 is 0 Å². The molecule has 0 unspecified atom stereocenters. The van der Waals surface area contributed by atoms with Crippen molar-refractivity contribution in [1.82, 2.24) is 0 Å². The van der Waals surface area contributed by atoms with E-state index >= 15 is 0 Å². The van der Waals surface area contributed by atoms with Crippen LogP contribution in [0.5, 0.6) is 0 Å². The molecule has 0 radical (unpaired) electrons. The largest absolute Gasteiger partial charge is 0.0622 e. The molecule has 0 heterocycles. The third kappa shape index (κ3) is 4.54. The van der Waals surface area contributed by atoms with Gasteiger partial charge in [0, 0.05) is 0 Å². The molecule has 10 aromatic rings. The summed E-state index contributed by atoms with van der Waals surface area (Å²) in [6.45, 7) is 0. The SMILES string of the molecule is c1ccc(-c2c3ccccc3c(-c3ccc4cccc(-c5ccc(-c6cc7ccccc7c7ccccc67)cc5)c4c3)c3ccccc23)cc1. The molecule has 0 saturated carbocycles. The maximum atomic E-state index is 2.41. The van der Waals surface area contributed by atoms with Gasteiger partial charge in [-0.25, -0.2) is 0 Å². The van der Waals surface area contributed by atoms with Crippen molar-refractivity contribution >= 4 is 53.9 Å². The topological polar surface area (TPSA) is 0 Å². The number of rotatable bonds is 4. The minimum absolute atomic E-state index is 1.22. The van der Waals surface area contributed by atoms with Gasteiger partial charge >= 0.3 is 0 Å². The summed E-state index contributed by atoms with van der Waals surface area (Å²) in [5.74, 6) is 0. The van der Waals surface area contributed by atoms with Gasteiger partial charge in [0.05, 0.1) is 0 Å². The third-order valence-electron chi connectivity index (χ3n) is 10.4. The second-order valence-electron chi connectivity index (χ2n) is 13.2. The van der Waals surface area contributed by atoms with E-state index in [-0.39, 0.29) is 0 Å².